The predicted octanol–water partition coefficient (Wildman–Crippen LogP) is 3.74. The first-order valence-corrected chi connectivity index (χ1v) is 8.31. The number of benzene rings is 2. The average Bonchev–Trinajstić information content (AvgIpc) is 2.99. The molecule has 0 saturated carbocycles. The molecule has 2 heterocycles. The summed E-state index contributed by atoms with van der Waals surface area (Å²) in [4.78, 5) is 6.04. The van der Waals surface area contributed by atoms with Crippen molar-refractivity contribution in [2.75, 3.05) is 20.8 Å². The smallest absolute Gasteiger partial charge is 0.165 e. The zero-order chi connectivity index (χ0) is 16.5. The molecule has 124 valence electrons. The molecular weight excluding hydrogens is 300 g/mol. The van der Waals surface area contributed by atoms with Gasteiger partial charge in [0, 0.05) is 41.8 Å². The molecule has 2 aromatic carbocycles. The van der Waals surface area contributed by atoms with E-state index in [9.17, 15) is 0 Å². The summed E-state index contributed by atoms with van der Waals surface area (Å²) in [5.74, 6) is 1.63. The molecule has 0 bridgehead atoms. The van der Waals surface area contributed by atoms with Crippen LogP contribution < -0.4 is 9.47 Å². The van der Waals surface area contributed by atoms with E-state index in [0.29, 0.717) is 0 Å². The molecule has 3 aromatic rings. The summed E-state index contributed by atoms with van der Waals surface area (Å²) in [6.07, 6.45) is 1.08. The number of nitrogens with zero attached hydrogens (tertiary/aromatic N) is 1. The van der Waals surface area contributed by atoms with Crippen molar-refractivity contribution in [1.29, 1.82) is 0 Å². The number of methoxy groups -OCH3 is 2. The first kappa shape index (κ1) is 15.1. The standard InChI is InChI=1S/C20H22N2O2/c1-23-19-9-5-6-14(20(19)24-2)12-22-11-10-16-15-7-3-4-8-17(15)21-18(16)13-22/h3-9,21H,10-13H2,1-2H3. The molecule has 4 rings (SSSR count). The number of hydrogen-bond acceptors (Lipinski definition) is 3. The number of fused-ring (bicyclic) bond motifs is 3. The van der Waals surface area contributed by atoms with E-state index >= 15 is 0 Å². The lowest BCUT2D eigenvalue weighted by Crippen LogP contribution is -2.30. The quantitative estimate of drug-likeness (QED) is 0.795. The number of aromatic nitrogens is 1. The van der Waals surface area contributed by atoms with Gasteiger partial charge in [0.1, 0.15) is 0 Å². The van der Waals surface area contributed by atoms with Crippen LogP contribution in [0.1, 0.15) is 16.8 Å². The number of rotatable bonds is 4. The van der Waals surface area contributed by atoms with Crippen molar-refractivity contribution in [1.82, 2.24) is 9.88 Å². The fourth-order valence-electron chi connectivity index (χ4n) is 3.70. The van der Waals surface area contributed by atoms with Crippen molar-refractivity contribution in [3.63, 3.8) is 0 Å². The van der Waals surface area contributed by atoms with Gasteiger partial charge in [0.2, 0.25) is 0 Å². The third kappa shape index (κ3) is 2.53. The molecule has 1 aromatic heterocycles. The molecule has 4 nitrogen and oxygen atoms in total. The fraction of sp³-hybridized carbons (Fsp3) is 0.300. The molecule has 0 spiro atoms. The topological polar surface area (TPSA) is 37.5 Å². The normalized spacial score (nSPS) is 14.6. The maximum Gasteiger partial charge on any atom is 0.165 e. The summed E-state index contributed by atoms with van der Waals surface area (Å²) >= 11 is 0. The Morgan fingerprint density at radius 2 is 1.92 bits per heavy atom. The van der Waals surface area contributed by atoms with Crippen LogP contribution in [0.25, 0.3) is 10.9 Å². The highest BCUT2D eigenvalue weighted by Gasteiger charge is 2.21. The molecule has 1 aliphatic rings. The van der Waals surface area contributed by atoms with Crippen molar-refractivity contribution in [3.05, 3.63) is 59.3 Å². The molecule has 0 amide bonds. The molecule has 0 atom stereocenters. The summed E-state index contributed by atoms with van der Waals surface area (Å²) in [5, 5.41) is 1.37. The van der Waals surface area contributed by atoms with Gasteiger partial charge in [0.15, 0.2) is 11.5 Å². The Morgan fingerprint density at radius 3 is 2.75 bits per heavy atom. The van der Waals surface area contributed by atoms with Gasteiger partial charge in [-0.25, -0.2) is 0 Å². The van der Waals surface area contributed by atoms with Crippen LogP contribution in [0.5, 0.6) is 11.5 Å². The Labute approximate surface area is 142 Å². The number of nitrogens with one attached hydrogen (secondary N) is 1. The van der Waals surface area contributed by atoms with Crippen molar-refractivity contribution in [3.8, 4) is 11.5 Å². The van der Waals surface area contributed by atoms with E-state index in [1.165, 1.54) is 22.2 Å². The minimum Gasteiger partial charge on any atom is -0.493 e. The van der Waals surface area contributed by atoms with Gasteiger partial charge < -0.3 is 14.5 Å². The van der Waals surface area contributed by atoms with Crippen LogP contribution in [0, 0.1) is 0 Å². The van der Waals surface area contributed by atoms with E-state index in [1.54, 1.807) is 14.2 Å². The zero-order valence-electron chi connectivity index (χ0n) is 14.1. The molecular formula is C20H22N2O2. The largest absolute Gasteiger partial charge is 0.493 e. The van der Waals surface area contributed by atoms with E-state index in [1.807, 2.05) is 12.1 Å². The highest BCUT2D eigenvalue weighted by molar-refractivity contribution is 5.84. The van der Waals surface area contributed by atoms with Crippen molar-refractivity contribution >= 4 is 10.9 Å². The summed E-state index contributed by atoms with van der Waals surface area (Å²) in [6, 6.07) is 14.6. The third-order valence-electron chi connectivity index (χ3n) is 4.84. The molecule has 1 aliphatic heterocycles. The third-order valence-corrected chi connectivity index (χ3v) is 4.84. The summed E-state index contributed by atoms with van der Waals surface area (Å²) in [5.41, 5.74) is 5.21. The first-order chi connectivity index (χ1) is 11.8. The Morgan fingerprint density at radius 1 is 1.04 bits per heavy atom. The predicted molar refractivity (Wildman–Crippen MR) is 95.7 cm³/mol. The summed E-state index contributed by atoms with van der Waals surface area (Å²) < 4.78 is 11.0. The number of ether oxygens (including phenoxy) is 2. The highest BCUT2D eigenvalue weighted by atomic mass is 16.5. The van der Waals surface area contributed by atoms with Crippen LogP contribution in [-0.4, -0.2) is 30.6 Å². The number of H-pyrrole nitrogens is 1. The van der Waals surface area contributed by atoms with E-state index in [4.69, 9.17) is 9.47 Å². The lowest BCUT2D eigenvalue weighted by atomic mass is 10.0. The maximum atomic E-state index is 5.57. The van der Waals surface area contributed by atoms with Gasteiger partial charge in [-0.1, -0.05) is 30.3 Å². The van der Waals surface area contributed by atoms with E-state index in [-0.39, 0.29) is 0 Å². The van der Waals surface area contributed by atoms with Gasteiger partial charge in [-0.15, -0.1) is 0 Å². The van der Waals surface area contributed by atoms with Crippen molar-refractivity contribution in [2.24, 2.45) is 0 Å². The van der Waals surface area contributed by atoms with Crippen molar-refractivity contribution < 1.29 is 9.47 Å². The van der Waals surface area contributed by atoms with Crippen LogP contribution >= 0.6 is 0 Å². The Bertz CT molecular complexity index is 869. The maximum absolute atomic E-state index is 5.57. The van der Waals surface area contributed by atoms with Crippen LogP contribution in [0.15, 0.2) is 42.5 Å². The van der Waals surface area contributed by atoms with Crippen molar-refractivity contribution in [2.45, 2.75) is 19.5 Å². The van der Waals surface area contributed by atoms with E-state index in [2.05, 4.69) is 40.2 Å². The molecule has 24 heavy (non-hydrogen) atoms. The molecule has 0 unspecified atom stereocenters. The average molecular weight is 322 g/mol. The molecule has 0 fully saturated rings. The lowest BCUT2D eigenvalue weighted by Gasteiger charge is -2.27. The Kier molecular flexibility index (Phi) is 3.90. The fourth-order valence-corrected chi connectivity index (χ4v) is 3.70. The highest BCUT2D eigenvalue weighted by Crippen LogP contribution is 2.33. The van der Waals surface area contributed by atoms with E-state index < -0.39 is 0 Å². The molecule has 1 N–H and O–H groups in total. The van der Waals surface area contributed by atoms with Crippen LogP contribution in [0.2, 0.25) is 0 Å². The Hall–Kier alpha value is -2.46. The van der Waals surface area contributed by atoms with Gasteiger partial charge in [-0.05, 0) is 24.1 Å². The zero-order valence-corrected chi connectivity index (χ0v) is 14.1. The molecule has 0 saturated heterocycles. The number of hydrogen-bond donors (Lipinski definition) is 1. The number of aromatic amines is 1. The van der Waals surface area contributed by atoms with Crippen LogP contribution in [-0.2, 0) is 19.5 Å². The minimum atomic E-state index is 0.790. The van der Waals surface area contributed by atoms with E-state index in [0.717, 1.165) is 43.1 Å². The van der Waals surface area contributed by atoms with Gasteiger partial charge in [0.25, 0.3) is 0 Å². The minimum absolute atomic E-state index is 0.790. The second kappa shape index (κ2) is 6.21. The second-order valence-electron chi connectivity index (χ2n) is 6.24. The molecule has 4 heteroatoms. The lowest BCUT2D eigenvalue weighted by molar-refractivity contribution is 0.238. The first-order valence-electron chi connectivity index (χ1n) is 8.31. The van der Waals surface area contributed by atoms with Gasteiger partial charge >= 0.3 is 0 Å². The molecule has 0 radical (unpaired) electrons. The van der Waals surface area contributed by atoms with Gasteiger partial charge in [0.05, 0.1) is 14.2 Å². The summed E-state index contributed by atoms with van der Waals surface area (Å²) in [6.45, 7) is 2.84. The monoisotopic (exact) mass is 322 g/mol. The van der Waals surface area contributed by atoms with Crippen LogP contribution in [0.3, 0.4) is 0 Å². The van der Waals surface area contributed by atoms with Gasteiger partial charge in [-0.2, -0.15) is 0 Å². The van der Waals surface area contributed by atoms with Gasteiger partial charge in [-0.3, -0.25) is 4.90 Å². The number of para-hydroxylation sites is 2. The van der Waals surface area contributed by atoms with Crippen LogP contribution in [0.4, 0.5) is 0 Å². The second-order valence-corrected chi connectivity index (χ2v) is 6.24. The Balaban J connectivity index is 1.60. The molecule has 0 aliphatic carbocycles. The SMILES string of the molecule is COc1cccc(CN2CCc3c([nH]c4ccccc34)C2)c1OC. The summed E-state index contributed by atoms with van der Waals surface area (Å²) in [7, 11) is 3.38.